The zero-order chi connectivity index (χ0) is 10.5. The van der Waals surface area contributed by atoms with Gasteiger partial charge in [0.25, 0.3) is 0 Å². The number of H-pyrrole nitrogens is 1. The summed E-state index contributed by atoms with van der Waals surface area (Å²) in [6.45, 7) is 3.80. The summed E-state index contributed by atoms with van der Waals surface area (Å²) >= 11 is 0. The molecule has 2 aromatic heterocycles. The Bertz CT molecular complexity index is 409. The molecule has 78 valence electrons. The summed E-state index contributed by atoms with van der Waals surface area (Å²) in [6, 6.07) is 0. The van der Waals surface area contributed by atoms with Gasteiger partial charge in [0.2, 0.25) is 0 Å². The summed E-state index contributed by atoms with van der Waals surface area (Å²) in [5.41, 5.74) is 2.87. The van der Waals surface area contributed by atoms with E-state index in [1.807, 2.05) is 6.20 Å². The van der Waals surface area contributed by atoms with Gasteiger partial charge in [0, 0.05) is 24.5 Å². The topological polar surface area (TPSA) is 66.5 Å². The van der Waals surface area contributed by atoms with Crippen LogP contribution in [-0.2, 0) is 6.54 Å². The first-order valence-corrected chi connectivity index (χ1v) is 4.91. The van der Waals surface area contributed by atoms with Crippen molar-refractivity contribution in [3.05, 3.63) is 30.4 Å². The minimum absolute atomic E-state index is 0.791. The first kappa shape index (κ1) is 9.79. The highest BCUT2D eigenvalue weighted by atomic mass is 15.1. The molecule has 0 spiro atoms. The van der Waals surface area contributed by atoms with Crippen LogP contribution < -0.4 is 5.32 Å². The molecule has 0 unspecified atom stereocenters. The van der Waals surface area contributed by atoms with Crippen molar-refractivity contribution in [3.8, 4) is 11.4 Å². The maximum absolute atomic E-state index is 4.23. The molecule has 5 heteroatoms. The van der Waals surface area contributed by atoms with E-state index in [-0.39, 0.29) is 0 Å². The Kier molecular flexibility index (Phi) is 3.04. The summed E-state index contributed by atoms with van der Waals surface area (Å²) in [4.78, 5) is 8.26. The third-order valence-corrected chi connectivity index (χ3v) is 2.10. The molecule has 0 amide bonds. The molecule has 0 aromatic carbocycles. The van der Waals surface area contributed by atoms with Crippen molar-refractivity contribution in [1.29, 1.82) is 0 Å². The lowest BCUT2D eigenvalue weighted by molar-refractivity contribution is 0.728. The molecule has 2 N–H and O–H groups in total. The quantitative estimate of drug-likeness (QED) is 0.777. The zero-order valence-electron chi connectivity index (χ0n) is 8.57. The van der Waals surface area contributed by atoms with Crippen LogP contribution >= 0.6 is 0 Å². The van der Waals surface area contributed by atoms with Crippen LogP contribution in [0, 0.1) is 0 Å². The second kappa shape index (κ2) is 4.65. The van der Waals surface area contributed by atoms with Crippen molar-refractivity contribution in [2.24, 2.45) is 0 Å². The van der Waals surface area contributed by atoms with Gasteiger partial charge >= 0.3 is 0 Å². The predicted octanol–water partition coefficient (Wildman–Crippen LogP) is 0.976. The fraction of sp³-hybridized carbons (Fsp3) is 0.300. The lowest BCUT2D eigenvalue weighted by Crippen LogP contribution is -2.11. The summed E-state index contributed by atoms with van der Waals surface area (Å²) < 4.78 is 0. The third-order valence-electron chi connectivity index (χ3n) is 2.10. The van der Waals surface area contributed by atoms with Gasteiger partial charge in [0.1, 0.15) is 5.69 Å². The second-order valence-electron chi connectivity index (χ2n) is 3.14. The minimum atomic E-state index is 0.791. The van der Waals surface area contributed by atoms with Gasteiger partial charge < -0.3 is 5.32 Å². The molecule has 0 aliphatic carbocycles. The van der Waals surface area contributed by atoms with Crippen LogP contribution in [0.25, 0.3) is 11.4 Å². The normalized spacial score (nSPS) is 10.5. The first-order chi connectivity index (χ1) is 7.42. The van der Waals surface area contributed by atoms with Gasteiger partial charge in [-0.15, -0.1) is 0 Å². The van der Waals surface area contributed by atoms with Crippen LogP contribution in [0.15, 0.2) is 24.8 Å². The number of rotatable bonds is 4. The van der Waals surface area contributed by atoms with E-state index in [0.29, 0.717) is 0 Å². The van der Waals surface area contributed by atoms with Gasteiger partial charge in [-0.1, -0.05) is 6.92 Å². The fourth-order valence-electron chi connectivity index (χ4n) is 1.35. The van der Waals surface area contributed by atoms with Crippen LogP contribution in [0.5, 0.6) is 0 Å². The standard InChI is InChI=1S/C10H13N5/c1-2-11-5-8-6-14-15-10(8)9-7-12-3-4-13-9/h3-4,6-7,11H,2,5H2,1H3,(H,14,15). The van der Waals surface area contributed by atoms with Crippen LogP contribution in [0.2, 0.25) is 0 Å². The Balaban J connectivity index is 2.25. The first-order valence-electron chi connectivity index (χ1n) is 4.91. The molecule has 15 heavy (non-hydrogen) atoms. The molecule has 0 radical (unpaired) electrons. The van der Waals surface area contributed by atoms with Crippen LogP contribution in [0.4, 0.5) is 0 Å². The van der Waals surface area contributed by atoms with Gasteiger partial charge in [0.15, 0.2) is 0 Å². The van der Waals surface area contributed by atoms with E-state index in [0.717, 1.165) is 30.0 Å². The molecule has 0 atom stereocenters. The maximum Gasteiger partial charge on any atom is 0.107 e. The molecule has 0 aliphatic heterocycles. The largest absolute Gasteiger partial charge is 0.313 e. The van der Waals surface area contributed by atoms with Crippen molar-refractivity contribution in [2.75, 3.05) is 6.54 Å². The maximum atomic E-state index is 4.23. The van der Waals surface area contributed by atoms with Crippen molar-refractivity contribution in [2.45, 2.75) is 13.5 Å². The van der Waals surface area contributed by atoms with Crippen LogP contribution in [0.1, 0.15) is 12.5 Å². The molecule has 0 fully saturated rings. The Morgan fingerprint density at radius 1 is 1.33 bits per heavy atom. The van der Waals surface area contributed by atoms with Crippen molar-refractivity contribution < 1.29 is 0 Å². The van der Waals surface area contributed by atoms with Crippen LogP contribution in [-0.4, -0.2) is 26.7 Å². The average molecular weight is 203 g/mol. The zero-order valence-corrected chi connectivity index (χ0v) is 8.57. The van der Waals surface area contributed by atoms with Gasteiger partial charge in [-0.05, 0) is 6.54 Å². The average Bonchev–Trinajstić information content (AvgIpc) is 2.75. The number of nitrogens with one attached hydrogen (secondary N) is 2. The molecule has 0 aliphatic rings. The molecule has 2 heterocycles. The Labute approximate surface area is 88.0 Å². The van der Waals surface area contributed by atoms with Crippen molar-refractivity contribution >= 4 is 0 Å². The van der Waals surface area contributed by atoms with E-state index in [1.54, 1.807) is 18.6 Å². The van der Waals surface area contributed by atoms with E-state index in [2.05, 4.69) is 32.4 Å². The number of aromatic nitrogens is 4. The number of nitrogens with zero attached hydrogens (tertiary/aromatic N) is 3. The highest BCUT2D eigenvalue weighted by Crippen LogP contribution is 2.16. The highest BCUT2D eigenvalue weighted by molar-refractivity contribution is 5.56. The van der Waals surface area contributed by atoms with E-state index in [4.69, 9.17) is 0 Å². The van der Waals surface area contributed by atoms with Crippen LogP contribution in [0.3, 0.4) is 0 Å². The number of aromatic amines is 1. The monoisotopic (exact) mass is 203 g/mol. The Hall–Kier alpha value is -1.75. The SMILES string of the molecule is CCNCc1cn[nH]c1-c1cnccn1. The van der Waals surface area contributed by atoms with Crippen molar-refractivity contribution in [1.82, 2.24) is 25.5 Å². The Morgan fingerprint density at radius 3 is 3.00 bits per heavy atom. The minimum Gasteiger partial charge on any atom is -0.313 e. The lowest BCUT2D eigenvalue weighted by atomic mass is 10.2. The van der Waals surface area contributed by atoms with Crippen molar-refractivity contribution in [3.63, 3.8) is 0 Å². The molecule has 0 bridgehead atoms. The summed E-state index contributed by atoms with van der Waals surface area (Å²) in [5.74, 6) is 0. The van der Waals surface area contributed by atoms with E-state index in [9.17, 15) is 0 Å². The van der Waals surface area contributed by atoms with Gasteiger partial charge in [0.05, 0.1) is 18.1 Å². The Morgan fingerprint density at radius 2 is 2.27 bits per heavy atom. The van der Waals surface area contributed by atoms with Gasteiger partial charge in [-0.2, -0.15) is 5.10 Å². The molecule has 0 saturated carbocycles. The molecular weight excluding hydrogens is 190 g/mol. The third kappa shape index (κ3) is 2.19. The highest BCUT2D eigenvalue weighted by Gasteiger charge is 2.07. The lowest BCUT2D eigenvalue weighted by Gasteiger charge is -2.02. The molecule has 5 nitrogen and oxygen atoms in total. The molecule has 0 saturated heterocycles. The smallest absolute Gasteiger partial charge is 0.107 e. The summed E-state index contributed by atoms with van der Waals surface area (Å²) in [6.07, 6.45) is 6.87. The molecule has 2 rings (SSSR count). The fourth-order valence-corrected chi connectivity index (χ4v) is 1.35. The van der Waals surface area contributed by atoms with E-state index < -0.39 is 0 Å². The number of hydrogen-bond acceptors (Lipinski definition) is 4. The second-order valence-corrected chi connectivity index (χ2v) is 3.14. The number of hydrogen-bond donors (Lipinski definition) is 2. The molecule has 2 aromatic rings. The molecular formula is C10H13N5. The van der Waals surface area contributed by atoms with E-state index >= 15 is 0 Å². The summed E-state index contributed by atoms with van der Waals surface area (Å²) in [7, 11) is 0. The van der Waals surface area contributed by atoms with Gasteiger partial charge in [-0.3, -0.25) is 15.1 Å². The van der Waals surface area contributed by atoms with Gasteiger partial charge in [-0.25, -0.2) is 0 Å². The summed E-state index contributed by atoms with van der Waals surface area (Å²) in [5, 5.41) is 10.2. The van der Waals surface area contributed by atoms with E-state index in [1.165, 1.54) is 0 Å². The predicted molar refractivity (Wildman–Crippen MR) is 57.0 cm³/mol.